The van der Waals surface area contributed by atoms with Crippen LogP contribution >= 0.6 is 11.3 Å². The van der Waals surface area contributed by atoms with Crippen LogP contribution < -0.4 is 10.2 Å². The Balaban J connectivity index is 1.62. The van der Waals surface area contributed by atoms with Gasteiger partial charge in [-0.05, 0) is 26.0 Å². The zero-order chi connectivity index (χ0) is 16.4. The molecule has 0 spiro atoms. The van der Waals surface area contributed by atoms with E-state index in [0.29, 0.717) is 6.54 Å². The first kappa shape index (κ1) is 15.5. The standard InChI is InChI=1S/C16H18N4O2S/c1-10-9-23-16(22)20(10)8-7-14(21)17-11(2)15-18-12-5-3-4-6-13(12)19-15/h3-6,9,11H,7-8H2,1-2H3,(H,17,21)(H,18,19). The first-order valence-electron chi connectivity index (χ1n) is 7.43. The molecule has 0 aliphatic carbocycles. The molecule has 3 aromatic rings. The molecule has 0 radical (unpaired) electrons. The van der Waals surface area contributed by atoms with Crippen molar-refractivity contribution in [3.63, 3.8) is 0 Å². The van der Waals surface area contributed by atoms with Crippen LogP contribution in [0, 0.1) is 6.92 Å². The second-order valence-electron chi connectivity index (χ2n) is 5.47. The SMILES string of the molecule is Cc1csc(=O)n1CCC(=O)NC(C)c1nc2ccccc2[nH]1. The number of nitrogens with one attached hydrogen (secondary N) is 2. The topological polar surface area (TPSA) is 79.8 Å². The van der Waals surface area contributed by atoms with Crippen LogP contribution in [0.15, 0.2) is 34.4 Å². The molecule has 0 bridgehead atoms. The van der Waals surface area contributed by atoms with E-state index >= 15 is 0 Å². The van der Waals surface area contributed by atoms with Gasteiger partial charge in [0.1, 0.15) is 5.82 Å². The smallest absolute Gasteiger partial charge is 0.307 e. The van der Waals surface area contributed by atoms with Crippen molar-refractivity contribution in [2.45, 2.75) is 32.9 Å². The van der Waals surface area contributed by atoms with Crippen molar-refractivity contribution in [3.05, 3.63) is 50.8 Å². The Kier molecular flexibility index (Phi) is 4.29. The summed E-state index contributed by atoms with van der Waals surface area (Å²) < 4.78 is 1.62. The van der Waals surface area contributed by atoms with Crippen LogP contribution in [0.2, 0.25) is 0 Å². The number of nitrogens with zero attached hydrogens (tertiary/aromatic N) is 2. The van der Waals surface area contributed by atoms with Gasteiger partial charge in [0.25, 0.3) is 0 Å². The fourth-order valence-electron chi connectivity index (χ4n) is 2.45. The number of benzene rings is 1. The molecule has 1 atom stereocenters. The molecular weight excluding hydrogens is 312 g/mol. The van der Waals surface area contributed by atoms with Gasteiger partial charge in [0.15, 0.2) is 0 Å². The number of hydrogen-bond acceptors (Lipinski definition) is 4. The number of carbonyl (C=O) groups is 1. The normalized spacial score (nSPS) is 12.4. The summed E-state index contributed by atoms with van der Waals surface area (Å²) in [5, 5.41) is 4.72. The molecule has 120 valence electrons. The number of imidazole rings is 1. The van der Waals surface area contributed by atoms with Crippen molar-refractivity contribution in [1.29, 1.82) is 0 Å². The molecule has 0 aliphatic rings. The van der Waals surface area contributed by atoms with E-state index < -0.39 is 0 Å². The lowest BCUT2D eigenvalue weighted by Gasteiger charge is -2.11. The lowest BCUT2D eigenvalue weighted by atomic mass is 10.3. The maximum atomic E-state index is 12.1. The monoisotopic (exact) mass is 330 g/mol. The van der Waals surface area contributed by atoms with Crippen molar-refractivity contribution >= 4 is 28.3 Å². The third-order valence-electron chi connectivity index (χ3n) is 3.73. The van der Waals surface area contributed by atoms with E-state index in [1.807, 2.05) is 38.1 Å². The van der Waals surface area contributed by atoms with Crippen LogP contribution in [-0.4, -0.2) is 20.4 Å². The lowest BCUT2D eigenvalue weighted by Crippen LogP contribution is -2.29. The number of carbonyl (C=O) groups excluding carboxylic acids is 1. The third kappa shape index (κ3) is 3.34. The molecule has 23 heavy (non-hydrogen) atoms. The molecule has 3 rings (SSSR count). The summed E-state index contributed by atoms with van der Waals surface area (Å²) in [6, 6.07) is 7.53. The van der Waals surface area contributed by atoms with Gasteiger partial charge in [-0.15, -0.1) is 0 Å². The summed E-state index contributed by atoms with van der Waals surface area (Å²) in [5.41, 5.74) is 2.71. The molecule has 1 amide bonds. The van der Waals surface area contributed by atoms with Gasteiger partial charge >= 0.3 is 4.87 Å². The van der Waals surface area contributed by atoms with Gasteiger partial charge in [0.05, 0.1) is 17.1 Å². The molecule has 0 fully saturated rings. The summed E-state index contributed by atoms with van der Waals surface area (Å²) in [4.78, 5) is 31.4. The highest BCUT2D eigenvalue weighted by Gasteiger charge is 2.14. The minimum Gasteiger partial charge on any atom is -0.346 e. The molecule has 6 nitrogen and oxygen atoms in total. The van der Waals surface area contributed by atoms with Crippen LogP contribution in [0.5, 0.6) is 0 Å². The Bertz CT molecular complexity index is 860. The highest BCUT2D eigenvalue weighted by molar-refractivity contribution is 7.07. The maximum Gasteiger partial charge on any atom is 0.307 e. The molecule has 2 N–H and O–H groups in total. The van der Waals surface area contributed by atoms with E-state index in [9.17, 15) is 9.59 Å². The number of thiazole rings is 1. The Morgan fingerprint density at radius 3 is 2.91 bits per heavy atom. The summed E-state index contributed by atoms with van der Waals surface area (Å²) in [7, 11) is 0. The molecule has 0 saturated carbocycles. The number of fused-ring (bicyclic) bond motifs is 1. The summed E-state index contributed by atoms with van der Waals surface area (Å²) in [6.45, 7) is 4.15. The zero-order valence-electron chi connectivity index (χ0n) is 13.0. The highest BCUT2D eigenvalue weighted by atomic mass is 32.1. The van der Waals surface area contributed by atoms with Crippen molar-refractivity contribution in [2.24, 2.45) is 0 Å². The Morgan fingerprint density at radius 2 is 2.22 bits per heavy atom. The number of para-hydroxylation sites is 2. The fraction of sp³-hybridized carbons (Fsp3) is 0.312. The highest BCUT2D eigenvalue weighted by Crippen LogP contribution is 2.15. The molecule has 2 aromatic heterocycles. The van der Waals surface area contributed by atoms with E-state index in [4.69, 9.17) is 0 Å². The second-order valence-corrected chi connectivity index (χ2v) is 6.29. The number of amides is 1. The maximum absolute atomic E-state index is 12.1. The zero-order valence-corrected chi connectivity index (χ0v) is 13.8. The van der Waals surface area contributed by atoms with Crippen molar-refractivity contribution in [1.82, 2.24) is 19.9 Å². The average molecular weight is 330 g/mol. The van der Waals surface area contributed by atoms with Crippen molar-refractivity contribution in [3.8, 4) is 0 Å². The van der Waals surface area contributed by atoms with Gasteiger partial charge < -0.3 is 14.9 Å². The van der Waals surface area contributed by atoms with Gasteiger partial charge in [-0.2, -0.15) is 0 Å². The van der Waals surface area contributed by atoms with Gasteiger partial charge in [0.2, 0.25) is 5.91 Å². The largest absolute Gasteiger partial charge is 0.346 e. The van der Waals surface area contributed by atoms with Crippen LogP contribution in [0.3, 0.4) is 0 Å². The Labute approximate surface area is 137 Å². The molecule has 1 aromatic carbocycles. The van der Waals surface area contributed by atoms with Gasteiger partial charge in [0, 0.05) is 24.0 Å². The third-order valence-corrected chi connectivity index (χ3v) is 4.62. The number of aryl methyl sites for hydroxylation is 1. The van der Waals surface area contributed by atoms with E-state index in [-0.39, 0.29) is 23.2 Å². The second kappa shape index (κ2) is 6.37. The number of hydrogen-bond donors (Lipinski definition) is 2. The van der Waals surface area contributed by atoms with Gasteiger partial charge in [-0.3, -0.25) is 9.59 Å². The van der Waals surface area contributed by atoms with Gasteiger partial charge in [-0.25, -0.2) is 4.98 Å². The quantitative estimate of drug-likeness (QED) is 0.754. The summed E-state index contributed by atoms with van der Waals surface area (Å²) in [5.74, 6) is 0.624. The average Bonchev–Trinajstić information content (AvgIpc) is 3.09. The minimum atomic E-state index is -0.213. The summed E-state index contributed by atoms with van der Waals surface area (Å²) in [6.07, 6.45) is 0.266. The molecular formula is C16H18N4O2S. The van der Waals surface area contributed by atoms with Crippen LogP contribution in [0.1, 0.15) is 30.9 Å². The molecule has 7 heteroatoms. The van der Waals surface area contributed by atoms with E-state index in [1.54, 1.807) is 9.95 Å². The number of rotatable bonds is 5. The molecule has 0 aliphatic heterocycles. The van der Waals surface area contributed by atoms with E-state index in [0.717, 1.165) is 33.9 Å². The number of aromatic nitrogens is 3. The molecule has 1 unspecified atom stereocenters. The first-order valence-corrected chi connectivity index (χ1v) is 8.31. The van der Waals surface area contributed by atoms with Crippen molar-refractivity contribution in [2.75, 3.05) is 0 Å². The predicted molar refractivity (Wildman–Crippen MR) is 90.6 cm³/mol. The fourth-order valence-corrected chi connectivity index (χ4v) is 3.21. The van der Waals surface area contributed by atoms with Crippen LogP contribution in [0.4, 0.5) is 0 Å². The minimum absolute atomic E-state index is 0.0272. The van der Waals surface area contributed by atoms with Crippen LogP contribution in [-0.2, 0) is 11.3 Å². The van der Waals surface area contributed by atoms with Gasteiger partial charge in [-0.1, -0.05) is 23.5 Å². The Hall–Kier alpha value is -2.41. The molecule has 0 saturated heterocycles. The summed E-state index contributed by atoms with van der Waals surface area (Å²) >= 11 is 1.16. The lowest BCUT2D eigenvalue weighted by molar-refractivity contribution is -0.122. The van der Waals surface area contributed by atoms with E-state index in [1.165, 1.54) is 0 Å². The first-order chi connectivity index (χ1) is 11.0. The number of aromatic amines is 1. The Morgan fingerprint density at radius 1 is 1.43 bits per heavy atom. The number of H-pyrrole nitrogens is 1. The van der Waals surface area contributed by atoms with E-state index in [2.05, 4.69) is 15.3 Å². The predicted octanol–water partition coefficient (Wildman–Crippen LogP) is 2.36. The molecule has 2 heterocycles. The van der Waals surface area contributed by atoms with Crippen LogP contribution in [0.25, 0.3) is 11.0 Å². The van der Waals surface area contributed by atoms with Crippen molar-refractivity contribution < 1.29 is 4.79 Å².